The molecular weight excluding hydrogens is 345 g/mol. The third-order valence-electron chi connectivity index (χ3n) is 5.04. The summed E-state index contributed by atoms with van der Waals surface area (Å²) in [6.45, 7) is 4.44. The van der Waals surface area contributed by atoms with Gasteiger partial charge in [-0.25, -0.2) is 4.39 Å². The maximum Gasteiger partial charge on any atom is 0.253 e. The number of rotatable bonds is 6. The van der Waals surface area contributed by atoms with Gasteiger partial charge in [0.1, 0.15) is 5.82 Å². The summed E-state index contributed by atoms with van der Waals surface area (Å²) in [6.07, 6.45) is 3.54. The minimum Gasteiger partial charge on any atom is -0.352 e. The molecule has 5 nitrogen and oxygen atoms in total. The minimum absolute atomic E-state index is 0.00815. The monoisotopic (exact) mass is 369 g/mol. The topological polar surface area (TPSA) is 62.3 Å². The van der Waals surface area contributed by atoms with Crippen LogP contribution in [-0.2, 0) is 0 Å². The van der Waals surface area contributed by atoms with Crippen molar-refractivity contribution in [3.8, 4) is 0 Å². The van der Waals surface area contributed by atoms with E-state index >= 15 is 0 Å². The van der Waals surface area contributed by atoms with E-state index in [0.717, 1.165) is 31.6 Å². The number of halogens is 1. The summed E-state index contributed by atoms with van der Waals surface area (Å²) in [5.74, 6) is -0.0117. The van der Waals surface area contributed by atoms with Gasteiger partial charge in [-0.15, -0.1) is 0 Å². The van der Waals surface area contributed by atoms with Crippen LogP contribution in [0.25, 0.3) is 0 Å². The van der Waals surface area contributed by atoms with Gasteiger partial charge in [0, 0.05) is 24.0 Å². The van der Waals surface area contributed by atoms with Crippen molar-refractivity contribution in [3.05, 3.63) is 65.2 Å². The summed E-state index contributed by atoms with van der Waals surface area (Å²) in [4.78, 5) is 30.8. The molecule has 1 aliphatic rings. The molecule has 1 amide bonds. The summed E-state index contributed by atoms with van der Waals surface area (Å²) < 4.78 is 13.0. The van der Waals surface area contributed by atoms with Crippen molar-refractivity contribution in [2.75, 3.05) is 26.2 Å². The molecule has 0 aliphatic carbocycles. The fourth-order valence-electron chi connectivity index (χ4n) is 3.34. The molecule has 3 rings (SSSR count). The van der Waals surface area contributed by atoms with Crippen LogP contribution in [0.5, 0.6) is 0 Å². The van der Waals surface area contributed by atoms with Crippen LogP contribution in [0.3, 0.4) is 0 Å². The summed E-state index contributed by atoms with van der Waals surface area (Å²) in [7, 11) is 0. The number of pyridine rings is 1. The van der Waals surface area contributed by atoms with Crippen LogP contribution in [0.1, 0.15) is 39.3 Å². The Morgan fingerprint density at radius 2 is 1.89 bits per heavy atom. The lowest BCUT2D eigenvalue weighted by Crippen LogP contribution is -2.40. The molecule has 2 aromatic rings. The molecule has 1 aromatic carbocycles. The number of piperidine rings is 1. The van der Waals surface area contributed by atoms with Gasteiger partial charge < -0.3 is 5.32 Å². The van der Waals surface area contributed by atoms with Crippen LogP contribution in [0.15, 0.2) is 42.6 Å². The number of hydrogen-bond donors (Lipinski definition) is 1. The van der Waals surface area contributed by atoms with E-state index in [4.69, 9.17) is 0 Å². The number of ketones is 1. The predicted octanol–water partition coefficient (Wildman–Crippen LogP) is 2.85. The van der Waals surface area contributed by atoms with Gasteiger partial charge in [-0.05, 0) is 75.2 Å². The Morgan fingerprint density at radius 3 is 2.56 bits per heavy atom. The fraction of sp³-hybridized carbons (Fsp3) is 0.381. The Kier molecular flexibility index (Phi) is 6.29. The van der Waals surface area contributed by atoms with Gasteiger partial charge in [0.2, 0.25) is 0 Å². The molecule has 2 heterocycles. The average Bonchev–Trinajstić information content (AvgIpc) is 2.68. The molecule has 0 saturated carbocycles. The van der Waals surface area contributed by atoms with Crippen molar-refractivity contribution in [1.29, 1.82) is 0 Å². The van der Waals surface area contributed by atoms with Gasteiger partial charge in [-0.2, -0.15) is 0 Å². The van der Waals surface area contributed by atoms with Crippen LogP contribution >= 0.6 is 0 Å². The van der Waals surface area contributed by atoms with Crippen molar-refractivity contribution >= 4 is 11.7 Å². The Hall–Kier alpha value is -2.60. The maximum atomic E-state index is 13.0. The normalized spacial score (nSPS) is 15.5. The number of benzene rings is 1. The number of nitrogens with one attached hydrogen (secondary N) is 1. The quantitative estimate of drug-likeness (QED) is 0.796. The molecule has 6 heteroatoms. The Bertz CT molecular complexity index is 799. The van der Waals surface area contributed by atoms with E-state index in [2.05, 4.69) is 15.2 Å². The third-order valence-corrected chi connectivity index (χ3v) is 5.04. The van der Waals surface area contributed by atoms with Crippen LogP contribution in [-0.4, -0.2) is 47.8 Å². The van der Waals surface area contributed by atoms with Crippen molar-refractivity contribution < 1.29 is 14.0 Å². The van der Waals surface area contributed by atoms with Crippen molar-refractivity contribution in [2.45, 2.75) is 19.8 Å². The maximum absolute atomic E-state index is 13.0. The summed E-state index contributed by atoms with van der Waals surface area (Å²) in [6, 6.07) is 9.22. The first-order valence-corrected chi connectivity index (χ1v) is 9.24. The Labute approximate surface area is 158 Å². The lowest BCUT2D eigenvalue weighted by Gasteiger charge is -2.31. The second-order valence-corrected chi connectivity index (χ2v) is 7.00. The third kappa shape index (κ3) is 5.20. The zero-order valence-corrected chi connectivity index (χ0v) is 15.5. The highest BCUT2D eigenvalue weighted by Gasteiger charge is 2.22. The number of aryl methyl sites for hydroxylation is 1. The van der Waals surface area contributed by atoms with E-state index in [0.29, 0.717) is 30.1 Å². The molecule has 142 valence electrons. The first-order chi connectivity index (χ1) is 13.0. The predicted molar refractivity (Wildman–Crippen MR) is 101 cm³/mol. The smallest absolute Gasteiger partial charge is 0.253 e. The van der Waals surface area contributed by atoms with Crippen LogP contribution in [0.4, 0.5) is 4.39 Å². The molecule has 0 radical (unpaired) electrons. The van der Waals surface area contributed by atoms with Crippen molar-refractivity contribution in [3.63, 3.8) is 0 Å². The number of likely N-dealkylation sites (tertiary alicyclic amines) is 1. The second-order valence-electron chi connectivity index (χ2n) is 7.00. The molecule has 0 unspecified atom stereocenters. The summed E-state index contributed by atoms with van der Waals surface area (Å²) in [5.41, 5.74) is 1.88. The van der Waals surface area contributed by atoms with E-state index in [1.54, 1.807) is 18.3 Å². The van der Waals surface area contributed by atoms with Crippen LogP contribution < -0.4 is 5.32 Å². The van der Waals surface area contributed by atoms with Gasteiger partial charge in [0.25, 0.3) is 5.91 Å². The highest BCUT2D eigenvalue weighted by atomic mass is 19.1. The highest BCUT2D eigenvalue weighted by molar-refractivity contribution is 5.97. The molecule has 1 aromatic heterocycles. The Morgan fingerprint density at radius 1 is 1.19 bits per heavy atom. The van der Waals surface area contributed by atoms with Gasteiger partial charge >= 0.3 is 0 Å². The number of hydrogen-bond acceptors (Lipinski definition) is 4. The SMILES string of the molecule is Cc1ncccc1C(=O)NCC1CCN(CC(=O)c2ccc(F)cc2)CC1. The molecule has 0 spiro atoms. The molecule has 27 heavy (non-hydrogen) atoms. The zero-order valence-electron chi connectivity index (χ0n) is 15.5. The lowest BCUT2D eigenvalue weighted by atomic mass is 9.96. The molecule has 1 saturated heterocycles. The molecule has 1 aliphatic heterocycles. The molecule has 1 fully saturated rings. The van der Waals surface area contributed by atoms with Gasteiger partial charge in [-0.1, -0.05) is 0 Å². The van der Waals surface area contributed by atoms with E-state index in [-0.39, 0.29) is 17.5 Å². The standard InChI is InChI=1S/C21H24FN3O2/c1-15-19(3-2-10-23-15)21(27)24-13-16-8-11-25(12-9-16)14-20(26)17-4-6-18(22)7-5-17/h2-7,10,16H,8-9,11-14H2,1H3,(H,24,27). The summed E-state index contributed by atoms with van der Waals surface area (Å²) >= 11 is 0. The first kappa shape index (κ1) is 19.2. The summed E-state index contributed by atoms with van der Waals surface area (Å²) in [5, 5.41) is 3.00. The number of carbonyl (C=O) groups excluding carboxylic acids is 2. The van der Waals surface area contributed by atoms with Crippen LogP contribution in [0.2, 0.25) is 0 Å². The number of carbonyl (C=O) groups is 2. The molecule has 0 atom stereocenters. The van der Waals surface area contributed by atoms with Crippen LogP contribution in [0, 0.1) is 18.7 Å². The fourth-order valence-corrected chi connectivity index (χ4v) is 3.34. The Balaban J connectivity index is 1.42. The zero-order chi connectivity index (χ0) is 19.2. The second kappa shape index (κ2) is 8.86. The van der Waals surface area contributed by atoms with Gasteiger partial charge in [-0.3, -0.25) is 19.5 Å². The molecule has 1 N–H and O–H groups in total. The van der Waals surface area contributed by atoms with E-state index in [9.17, 15) is 14.0 Å². The van der Waals surface area contributed by atoms with Crippen molar-refractivity contribution in [2.24, 2.45) is 5.92 Å². The number of amides is 1. The van der Waals surface area contributed by atoms with Gasteiger partial charge in [0.05, 0.1) is 12.1 Å². The number of aromatic nitrogens is 1. The average molecular weight is 369 g/mol. The minimum atomic E-state index is -0.337. The molecule has 0 bridgehead atoms. The first-order valence-electron chi connectivity index (χ1n) is 9.24. The largest absolute Gasteiger partial charge is 0.352 e. The number of nitrogens with zero attached hydrogens (tertiary/aromatic N) is 2. The van der Waals surface area contributed by atoms with E-state index < -0.39 is 0 Å². The molecular formula is C21H24FN3O2. The van der Waals surface area contributed by atoms with E-state index in [1.807, 2.05) is 6.92 Å². The van der Waals surface area contributed by atoms with E-state index in [1.165, 1.54) is 24.3 Å². The lowest BCUT2D eigenvalue weighted by molar-refractivity contribution is 0.0887. The van der Waals surface area contributed by atoms with Crippen molar-refractivity contribution in [1.82, 2.24) is 15.2 Å². The highest BCUT2D eigenvalue weighted by Crippen LogP contribution is 2.17. The van der Waals surface area contributed by atoms with Gasteiger partial charge in [0.15, 0.2) is 5.78 Å². The number of Topliss-reactive ketones (excluding diaryl/α,β-unsaturated/α-hetero) is 1.